The number of anilines is 1. The maximum Gasteiger partial charge on any atom is 0.324 e. The molecule has 1 aromatic heterocycles. The highest BCUT2D eigenvalue weighted by molar-refractivity contribution is 7.99. The van der Waals surface area contributed by atoms with Crippen LogP contribution in [-0.4, -0.2) is 50.3 Å². The third-order valence-corrected chi connectivity index (χ3v) is 4.92. The second-order valence-electron chi connectivity index (χ2n) is 5.37. The number of carbonyl (C=O) groups is 1. The summed E-state index contributed by atoms with van der Waals surface area (Å²) in [6.07, 6.45) is 7.93. The maximum atomic E-state index is 12.1. The summed E-state index contributed by atoms with van der Waals surface area (Å²) in [5.41, 5.74) is 0. The highest BCUT2D eigenvalue weighted by atomic mass is 32.2. The molecule has 1 saturated heterocycles. The molecule has 6 nitrogen and oxygen atoms in total. The van der Waals surface area contributed by atoms with Crippen LogP contribution < -0.4 is 5.32 Å². The molecule has 2 aliphatic rings. The molecular weight excluding hydrogens is 274 g/mol. The van der Waals surface area contributed by atoms with Crippen LogP contribution in [0.5, 0.6) is 0 Å². The average molecular weight is 295 g/mol. The molecular formula is C13H21N5OS. The summed E-state index contributed by atoms with van der Waals surface area (Å²) in [5.74, 6) is 2.45. The van der Waals surface area contributed by atoms with Crippen LogP contribution in [0.3, 0.4) is 0 Å². The minimum atomic E-state index is -0.0771. The summed E-state index contributed by atoms with van der Waals surface area (Å²) < 4.78 is 1.92. The van der Waals surface area contributed by atoms with E-state index >= 15 is 0 Å². The van der Waals surface area contributed by atoms with Crippen LogP contribution >= 0.6 is 11.8 Å². The molecule has 3 rings (SSSR count). The van der Waals surface area contributed by atoms with E-state index in [1.807, 2.05) is 21.3 Å². The van der Waals surface area contributed by atoms with Crippen molar-refractivity contribution >= 4 is 23.7 Å². The van der Waals surface area contributed by atoms with Crippen LogP contribution in [0.1, 0.15) is 38.1 Å². The Morgan fingerprint density at radius 1 is 1.25 bits per heavy atom. The van der Waals surface area contributed by atoms with Crippen LogP contribution in [0.2, 0.25) is 0 Å². The van der Waals surface area contributed by atoms with Crippen molar-refractivity contribution < 1.29 is 4.79 Å². The zero-order valence-electron chi connectivity index (χ0n) is 11.6. The van der Waals surface area contributed by atoms with Crippen molar-refractivity contribution in [1.29, 1.82) is 0 Å². The predicted octanol–water partition coefficient (Wildman–Crippen LogP) is 2.36. The van der Waals surface area contributed by atoms with Crippen molar-refractivity contribution in [2.45, 2.75) is 38.1 Å². The normalized spacial score (nSPS) is 20.9. The van der Waals surface area contributed by atoms with Gasteiger partial charge in [-0.2, -0.15) is 11.8 Å². The minimum Gasteiger partial charge on any atom is -0.323 e. The lowest BCUT2D eigenvalue weighted by molar-refractivity contribution is 0.216. The van der Waals surface area contributed by atoms with Gasteiger partial charge in [0.25, 0.3) is 0 Å². The predicted molar refractivity (Wildman–Crippen MR) is 80.1 cm³/mol. The van der Waals surface area contributed by atoms with E-state index in [-0.39, 0.29) is 6.03 Å². The van der Waals surface area contributed by atoms with Gasteiger partial charge in [-0.3, -0.25) is 5.32 Å². The fraction of sp³-hybridized carbons (Fsp3) is 0.769. The van der Waals surface area contributed by atoms with E-state index < -0.39 is 0 Å². The Balaban J connectivity index is 1.57. The van der Waals surface area contributed by atoms with Gasteiger partial charge < -0.3 is 4.90 Å². The first-order chi connectivity index (χ1) is 9.83. The topological polar surface area (TPSA) is 63.1 Å². The number of nitrogens with one attached hydrogen (secondary N) is 1. The molecule has 0 aromatic carbocycles. The van der Waals surface area contributed by atoms with Crippen LogP contribution in [-0.2, 0) is 0 Å². The number of aromatic nitrogens is 3. The standard InChI is InChI=1S/C13H21N5OS/c19-13(17-6-8-20-9-7-17)15-12-14-10-18(16-12)11-4-2-1-3-5-11/h10-11H,1-9H2,(H,15,16,19). The fourth-order valence-electron chi connectivity index (χ4n) is 2.79. The molecule has 1 N–H and O–H groups in total. The van der Waals surface area contributed by atoms with Gasteiger partial charge in [0, 0.05) is 24.6 Å². The molecule has 2 amide bonds. The van der Waals surface area contributed by atoms with Gasteiger partial charge >= 0.3 is 6.03 Å². The van der Waals surface area contributed by atoms with Gasteiger partial charge in [0.05, 0.1) is 6.04 Å². The SMILES string of the molecule is O=C(Nc1ncn(C2CCCCC2)n1)N1CCSCC1. The van der Waals surface area contributed by atoms with E-state index in [0.717, 1.165) is 24.6 Å². The third-order valence-electron chi connectivity index (χ3n) is 3.97. The quantitative estimate of drug-likeness (QED) is 0.910. The summed E-state index contributed by atoms with van der Waals surface area (Å²) in [7, 11) is 0. The Bertz CT molecular complexity index is 451. The molecule has 110 valence electrons. The van der Waals surface area contributed by atoms with Crippen molar-refractivity contribution in [3.05, 3.63) is 6.33 Å². The molecule has 0 bridgehead atoms. The van der Waals surface area contributed by atoms with Crippen molar-refractivity contribution in [3.63, 3.8) is 0 Å². The lowest BCUT2D eigenvalue weighted by Gasteiger charge is -2.25. The molecule has 7 heteroatoms. The largest absolute Gasteiger partial charge is 0.324 e. The zero-order chi connectivity index (χ0) is 13.8. The zero-order valence-corrected chi connectivity index (χ0v) is 12.4. The summed E-state index contributed by atoms with van der Waals surface area (Å²) >= 11 is 1.89. The van der Waals surface area contributed by atoms with Gasteiger partial charge in [-0.1, -0.05) is 19.3 Å². The van der Waals surface area contributed by atoms with Crippen LogP contribution in [0.4, 0.5) is 10.7 Å². The number of urea groups is 1. The van der Waals surface area contributed by atoms with E-state index in [9.17, 15) is 4.79 Å². The molecule has 1 aliphatic heterocycles. The summed E-state index contributed by atoms with van der Waals surface area (Å²) in [6, 6.07) is 0.375. The van der Waals surface area contributed by atoms with Gasteiger partial charge in [0.1, 0.15) is 6.33 Å². The molecule has 0 unspecified atom stereocenters. The monoisotopic (exact) mass is 295 g/mol. The minimum absolute atomic E-state index is 0.0771. The van der Waals surface area contributed by atoms with Gasteiger partial charge in [0.15, 0.2) is 0 Å². The number of amides is 2. The van der Waals surface area contributed by atoms with E-state index in [4.69, 9.17) is 0 Å². The molecule has 1 aromatic rings. The molecule has 2 fully saturated rings. The number of rotatable bonds is 2. The van der Waals surface area contributed by atoms with Crippen molar-refractivity contribution in [2.75, 3.05) is 29.9 Å². The van der Waals surface area contributed by atoms with Crippen LogP contribution in [0, 0.1) is 0 Å². The maximum absolute atomic E-state index is 12.1. The van der Waals surface area contributed by atoms with E-state index in [0.29, 0.717) is 12.0 Å². The first kappa shape index (κ1) is 13.7. The lowest BCUT2D eigenvalue weighted by Crippen LogP contribution is -2.40. The van der Waals surface area contributed by atoms with Crippen molar-refractivity contribution in [1.82, 2.24) is 19.7 Å². The average Bonchev–Trinajstić information content (AvgIpc) is 2.97. The first-order valence-electron chi connectivity index (χ1n) is 7.38. The van der Waals surface area contributed by atoms with Gasteiger partial charge in [-0.15, -0.1) is 5.10 Å². The number of thioether (sulfide) groups is 1. The Kier molecular flexibility index (Phi) is 4.44. The van der Waals surface area contributed by atoms with Gasteiger partial charge in [-0.25, -0.2) is 14.5 Å². The molecule has 20 heavy (non-hydrogen) atoms. The van der Waals surface area contributed by atoms with Gasteiger partial charge in [-0.05, 0) is 12.8 Å². The van der Waals surface area contributed by atoms with Gasteiger partial charge in [0.2, 0.25) is 5.95 Å². The summed E-state index contributed by atoms with van der Waals surface area (Å²) in [6.45, 7) is 1.61. The molecule has 1 aliphatic carbocycles. The van der Waals surface area contributed by atoms with E-state index in [1.54, 1.807) is 6.33 Å². The Hall–Kier alpha value is -1.24. The van der Waals surface area contributed by atoms with Crippen molar-refractivity contribution in [2.24, 2.45) is 0 Å². The Morgan fingerprint density at radius 3 is 2.75 bits per heavy atom. The second kappa shape index (κ2) is 6.47. The highest BCUT2D eigenvalue weighted by Crippen LogP contribution is 2.27. The summed E-state index contributed by atoms with van der Waals surface area (Å²) in [4.78, 5) is 18.1. The smallest absolute Gasteiger partial charge is 0.323 e. The number of nitrogens with zero attached hydrogens (tertiary/aromatic N) is 4. The molecule has 2 heterocycles. The number of hydrogen-bond donors (Lipinski definition) is 1. The fourth-order valence-corrected chi connectivity index (χ4v) is 3.70. The number of carbonyl (C=O) groups excluding carboxylic acids is 1. The van der Waals surface area contributed by atoms with E-state index in [2.05, 4.69) is 15.4 Å². The van der Waals surface area contributed by atoms with Crippen molar-refractivity contribution in [3.8, 4) is 0 Å². The van der Waals surface area contributed by atoms with E-state index in [1.165, 1.54) is 32.1 Å². The van der Waals surface area contributed by atoms with Crippen LogP contribution in [0.25, 0.3) is 0 Å². The summed E-state index contributed by atoms with van der Waals surface area (Å²) in [5, 5.41) is 7.22. The Labute approximate surface area is 123 Å². The molecule has 0 atom stereocenters. The van der Waals surface area contributed by atoms with Crippen LogP contribution in [0.15, 0.2) is 6.33 Å². The third kappa shape index (κ3) is 3.26. The second-order valence-corrected chi connectivity index (χ2v) is 6.59. The Morgan fingerprint density at radius 2 is 2.00 bits per heavy atom. The lowest BCUT2D eigenvalue weighted by atomic mass is 9.96. The number of hydrogen-bond acceptors (Lipinski definition) is 4. The highest BCUT2D eigenvalue weighted by Gasteiger charge is 2.20. The molecule has 1 saturated carbocycles. The molecule has 0 radical (unpaired) electrons. The first-order valence-corrected chi connectivity index (χ1v) is 8.53. The molecule has 0 spiro atoms.